The quantitative estimate of drug-likeness (QED) is 0.0989. The maximum atomic E-state index is 14.2. The molecule has 0 spiro atoms. The number of benzene rings is 4. The number of halogens is 3. The summed E-state index contributed by atoms with van der Waals surface area (Å²) in [6.07, 6.45) is 3.74. The molecule has 344 valence electrons. The summed E-state index contributed by atoms with van der Waals surface area (Å²) in [4.78, 5) is 19.7. The van der Waals surface area contributed by atoms with Crippen LogP contribution in [0.1, 0.15) is 55.5 Å². The average Bonchev–Trinajstić information content (AvgIpc) is 3.28. The second-order valence-electron chi connectivity index (χ2n) is 17.3. The van der Waals surface area contributed by atoms with Crippen LogP contribution in [-0.2, 0) is 24.6 Å². The van der Waals surface area contributed by atoms with Crippen LogP contribution in [0.15, 0.2) is 117 Å². The van der Waals surface area contributed by atoms with Crippen LogP contribution >= 0.6 is 23.4 Å². The molecule has 2 fully saturated rings. The van der Waals surface area contributed by atoms with Crippen LogP contribution in [-0.4, -0.2) is 116 Å². The molecule has 4 aromatic rings. The fourth-order valence-electron chi connectivity index (χ4n) is 8.48. The number of anilines is 2. The summed E-state index contributed by atoms with van der Waals surface area (Å²) in [5, 5.41) is 3.87. The zero-order chi connectivity index (χ0) is 45.5. The Morgan fingerprint density at radius 3 is 2.22 bits per heavy atom. The Balaban J connectivity index is 1.00. The Morgan fingerprint density at radius 1 is 0.859 bits per heavy atom. The molecule has 0 saturated carbocycles. The second-order valence-corrected chi connectivity index (χ2v) is 22.4. The molecule has 0 radical (unpaired) electrons. The first-order valence-electron chi connectivity index (χ1n) is 21.6. The van der Waals surface area contributed by atoms with Crippen molar-refractivity contribution in [2.75, 3.05) is 81.5 Å². The number of ether oxygens (including phenoxy) is 1. The SMILES string of the molecule is CC1(C)CCC(c2ccc(Cl)cc2)=C(CN2CCN(c3ccc(C(=O)NS(=O)(=O)c4ccc(N[C@H](CCN5CCOCC5)CSc5ccccc5)c(S(=O)(=O)C(F)F)c4)cc3)CC2)C1. The van der Waals surface area contributed by atoms with Crippen LogP contribution in [0.3, 0.4) is 0 Å². The third-order valence-electron chi connectivity index (χ3n) is 12.1. The molecule has 4 aromatic carbocycles. The third kappa shape index (κ3) is 12.4. The summed E-state index contributed by atoms with van der Waals surface area (Å²) in [5.41, 5.74) is 5.13. The van der Waals surface area contributed by atoms with E-state index in [9.17, 15) is 30.4 Å². The van der Waals surface area contributed by atoms with Gasteiger partial charge in [-0.2, -0.15) is 8.78 Å². The lowest BCUT2D eigenvalue weighted by molar-refractivity contribution is 0.0370. The Morgan fingerprint density at radius 2 is 1.55 bits per heavy atom. The first-order chi connectivity index (χ1) is 30.6. The summed E-state index contributed by atoms with van der Waals surface area (Å²) >= 11 is 7.72. The summed E-state index contributed by atoms with van der Waals surface area (Å²) in [7, 11) is -9.98. The van der Waals surface area contributed by atoms with Crippen molar-refractivity contribution >= 4 is 66.1 Å². The van der Waals surface area contributed by atoms with Crippen LogP contribution in [0.2, 0.25) is 5.02 Å². The molecule has 11 nitrogen and oxygen atoms in total. The smallest absolute Gasteiger partial charge is 0.341 e. The minimum Gasteiger partial charge on any atom is -0.380 e. The zero-order valence-electron chi connectivity index (χ0n) is 36.1. The van der Waals surface area contributed by atoms with E-state index < -0.39 is 41.3 Å². The van der Waals surface area contributed by atoms with Gasteiger partial charge in [0.2, 0.25) is 9.84 Å². The molecule has 0 bridgehead atoms. The number of nitrogens with zero attached hydrogens (tertiary/aromatic N) is 3. The van der Waals surface area contributed by atoms with Gasteiger partial charge in [-0.3, -0.25) is 14.6 Å². The first-order valence-corrected chi connectivity index (χ1v) is 26.0. The van der Waals surface area contributed by atoms with Gasteiger partial charge < -0.3 is 15.0 Å². The maximum Gasteiger partial charge on any atom is 0.341 e. The molecule has 1 aliphatic carbocycles. The number of allylic oxidation sites excluding steroid dienone is 1. The number of hydrogen-bond acceptors (Lipinski definition) is 11. The molecule has 0 aromatic heterocycles. The van der Waals surface area contributed by atoms with Crippen molar-refractivity contribution in [3.8, 4) is 0 Å². The van der Waals surface area contributed by atoms with Crippen LogP contribution in [0.5, 0.6) is 0 Å². The summed E-state index contributed by atoms with van der Waals surface area (Å²) < 4.78 is 89.2. The molecule has 17 heteroatoms. The fourth-order valence-corrected chi connectivity index (χ4v) is 11.6. The standard InChI is InChI=1S/C47H56ClF2N5O6S3/c1-47(2)20-18-42(34-8-12-37(48)13-9-34)36(31-47)32-54-22-24-55(25-23-54)39-14-10-35(11-15-39)45(56)52-64(59,60)41-16-17-43(44(30-41)63(57,58)46(49)50)51-38(19-21-53-26-28-61-29-27-53)33-62-40-6-4-3-5-7-40/h3-17,30,38,46,51H,18-29,31-33H2,1-2H3,(H,52,56)/t38-/m1/s1. The predicted molar refractivity (Wildman–Crippen MR) is 252 cm³/mol. The number of nitrogens with one attached hydrogen (secondary N) is 2. The minimum absolute atomic E-state index is 0.0604. The number of alkyl halides is 2. The lowest BCUT2D eigenvalue weighted by Gasteiger charge is -2.39. The van der Waals surface area contributed by atoms with Crippen molar-refractivity contribution in [1.82, 2.24) is 14.5 Å². The highest BCUT2D eigenvalue weighted by atomic mass is 35.5. The first kappa shape index (κ1) is 47.9. The summed E-state index contributed by atoms with van der Waals surface area (Å²) in [5.74, 6) is -4.29. The molecule has 7 rings (SSSR count). The maximum absolute atomic E-state index is 14.2. The number of hydrogen-bond donors (Lipinski definition) is 2. The number of rotatable bonds is 17. The monoisotopic (exact) mass is 955 g/mol. The van der Waals surface area contributed by atoms with Crippen LogP contribution < -0.4 is 14.9 Å². The second kappa shape index (κ2) is 21.1. The van der Waals surface area contributed by atoms with Gasteiger partial charge in [0.05, 0.1) is 28.7 Å². The van der Waals surface area contributed by atoms with E-state index in [4.69, 9.17) is 16.3 Å². The van der Waals surface area contributed by atoms with E-state index in [1.54, 1.807) is 12.1 Å². The minimum atomic E-state index is -5.29. The Bertz CT molecular complexity index is 2480. The van der Waals surface area contributed by atoms with Crippen molar-refractivity contribution in [2.24, 2.45) is 5.41 Å². The molecule has 1 amide bonds. The van der Waals surface area contributed by atoms with E-state index >= 15 is 0 Å². The van der Waals surface area contributed by atoms with E-state index in [1.165, 1.54) is 46.7 Å². The van der Waals surface area contributed by atoms with Crippen molar-refractivity contribution in [1.29, 1.82) is 0 Å². The molecule has 3 aliphatic rings. The normalized spacial score (nSPS) is 18.2. The number of carbonyl (C=O) groups is 1. The number of morpholine rings is 1. The van der Waals surface area contributed by atoms with Gasteiger partial charge in [0.15, 0.2) is 0 Å². The third-order valence-corrected chi connectivity index (χ3v) is 16.3. The van der Waals surface area contributed by atoms with Gasteiger partial charge in [-0.25, -0.2) is 21.6 Å². The molecule has 2 saturated heterocycles. The Kier molecular flexibility index (Phi) is 15.8. The van der Waals surface area contributed by atoms with Crippen molar-refractivity contribution in [2.45, 2.75) is 66.0 Å². The van der Waals surface area contributed by atoms with Gasteiger partial charge >= 0.3 is 5.76 Å². The van der Waals surface area contributed by atoms with Gasteiger partial charge in [0, 0.05) is 85.3 Å². The molecule has 0 unspecified atom stereocenters. The van der Waals surface area contributed by atoms with Crippen molar-refractivity contribution in [3.63, 3.8) is 0 Å². The van der Waals surface area contributed by atoms with Crippen LogP contribution in [0.25, 0.3) is 5.57 Å². The number of sulfone groups is 1. The topological polar surface area (TPSA) is 128 Å². The fraction of sp³-hybridized carbons (Fsp3) is 0.426. The summed E-state index contributed by atoms with van der Waals surface area (Å²) in [6, 6.07) is 26.9. The van der Waals surface area contributed by atoms with Crippen LogP contribution in [0.4, 0.5) is 20.2 Å². The number of thioether (sulfide) groups is 1. The van der Waals surface area contributed by atoms with E-state index in [2.05, 4.69) is 46.0 Å². The highest BCUT2D eigenvalue weighted by molar-refractivity contribution is 7.99. The highest BCUT2D eigenvalue weighted by Gasteiger charge is 2.33. The molecule has 2 N–H and O–H groups in total. The van der Waals surface area contributed by atoms with E-state index in [0.717, 1.165) is 86.7 Å². The van der Waals surface area contributed by atoms with Gasteiger partial charge in [-0.1, -0.05) is 61.4 Å². The Labute approximate surface area is 385 Å². The number of piperazine rings is 1. The zero-order valence-corrected chi connectivity index (χ0v) is 39.4. The van der Waals surface area contributed by atoms with Gasteiger partial charge in [-0.05, 0) is 109 Å². The van der Waals surface area contributed by atoms with E-state index in [-0.39, 0.29) is 22.7 Å². The van der Waals surface area contributed by atoms with Gasteiger partial charge in [-0.15, -0.1) is 11.8 Å². The predicted octanol–water partition coefficient (Wildman–Crippen LogP) is 8.54. The Hall–Kier alpha value is -4.03. The lowest BCUT2D eigenvalue weighted by Crippen LogP contribution is -2.47. The van der Waals surface area contributed by atoms with Crippen LogP contribution in [0, 0.1) is 5.41 Å². The molecule has 2 aliphatic heterocycles. The lowest BCUT2D eigenvalue weighted by atomic mass is 9.73. The number of amides is 1. The summed E-state index contributed by atoms with van der Waals surface area (Å²) in [6.45, 7) is 12.1. The largest absolute Gasteiger partial charge is 0.380 e. The number of sulfonamides is 1. The molecular weight excluding hydrogens is 900 g/mol. The van der Waals surface area contributed by atoms with E-state index in [0.29, 0.717) is 38.0 Å². The molecule has 2 heterocycles. The molecule has 1 atom stereocenters. The molecular formula is C47H56ClF2N5O6S3. The van der Waals surface area contributed by atoms with E-state index in [1.807, 2.05) is 47.2 Å². The van der Waals surface area contributed by atoms with Crippen molar-refractivity contribution in [3.05, 3.63) is 119 Å². The highest BCUT2D eigenvalue weighted by Crippen LogP contribution is 2.43. The average molecular weight is 957 g/mol. The van der Waals surface area contributed by atoms with Crippen molar-refractivity contribution < 1.29 is 35.1 Å². The number of carbonyl (C=O) groups excluding carboxylic acids is 1. The van der Waals surface area contributed by atoms with Gasteiger partial charge in [0.1, 0.15) is 0 Å². The van der Waals surface area contributed by atoms with Gasteiger partial charge in [0.25, 0.3) is 15.9 Å². The molecule has 64 heavy (non-hydrogen) atoms.